The van der Waals surface area contributed by atoms with Crippen LogP contribution in [0.5, 0.6) is 0 Å². The van der Waals surface area contributed by atoms with Crippen molar-refractivity contribution in [3.05, 3.63) is 34.9 Å². The van der Waals surface area contributed by atoms with Crippen LogP contribution in [0.1, 0.15) is 31.4 Å². The summed E-state index contributed by atoms with van der Waals surface area (Å²) in [7, 11) is 0. The van der Waals surface area contributed by atoms with Gasteiger partial charge in [0.05, 0.1) is 19.3 Å². The van der Waals surface area contributed by atoms with Crippen LogP contribution in [0, 0.1) is 5.41 Å². The highest BCUT2D eigenvalue weighted by Crippen LogP contribution is 2.32. The van der Waals surface area contributed by atoms with E-state index in [2.05, 4.69) is 15.6 Å². The first-order valence-electron chi connectivity index (χ1n) is 8.73. The molecule has 6 nitrogen and oxygen atoms in total. The first-order chi connectivity index (χ1) is 12.1. The number of benzene rings is 1. The zero-order valence-electron chi connectivity index (χ0n) is 15.1. The molecule has 0 aliphatic carbocycles. The number of aliphatic imine (C=N–C) groups is 1. The predicted molar refractivity (Wildman–Crippen MR) is 115 cm³/mol. The maximum Gasteiger partial charge on any atom is 0.191 e. The van der Waals surface area contributed by atoms with Crippen molar-refractivity contribution in [1.82, 2.24) is 10.6 Å². The van der Waals surface area contributed by atoms with Crippen molar-refractivity contribution in [2.24, 2.45) is 10.4 Å². The van der Waals surface area contributed by atoms with Gasteiger partial charge in [0.1, 0.15) is 0 Å². The van der Waals surface area contributed by atoms with E-state index in [0.29, 0.717) is 49.3 Å². The molecular weight excluding hydrogens is 469 g/mol. The largest absolute Gasteiger partial charge is 0.396 e. The molecule has 1 aromatic rings. The number of aliphatic hydroxyl groups excluding tert-OH is 2. The Hall–Kier alpha value is -0.610. The molecule has 2 rings (SSSR count). The molecule has 0 saturated carbocycles. The Labute approximate surface area is 177 Å². The molecule has 4 N–H and O–H groups in total. The number of halogens is 2. The SMILES string of the molecule is CCNC(=NCC1(CCO)CCOC1)NCC(O)c1ccccc1Cl.I. The monoisotopic (exact) mass is 497 g/mol. The Morgan fingerprint density at radius 2 is 2.15 bits per heavy atom. The molecule has 148 valence electrons. The molecule has 1 fully saturated rings. The van der Waals surface area contributed by atoms with Crippen molar-refractivity contribution in [2.75, 3.05) is 39.5 Å². The Balaban J connectivity index is 0.00000338. The molecule has 2 atom stereocenters. The second kappa shape index (κ2) is 12.0. The zero-order chi connectivity index (χ0) is 18.1. The first kappa shape index (κ1) is 23.4. The van der Waals surface area contributed by atoms with Gasteiger partial charge in [-0.05, 0) is 25.8 Å². The molecule has 1 aliphatic heterocycles. The third-order valence-corrected chi connectivity index (χ3v) is 4.82. The molecule has 0 spiro atoms. The molecule has 26 heavy (non-hydrogen) atoms. The van der Waals surface area contributed by atoms with E-state index >= 15 is 0 Å². The van der Waals surface area contributed by atoms with Crippen molar-refractivity contribution in [3.63, 3.8) is 0 Å². The number of rotatable bonds is 8. The molecule has 1 saturated heterocycles. The van der Waals surface area contributed by atoms with E-state index in [1.54, 1.807) is 6.07 Å². The second-order valence-electron chi connectivity index (χ2n) is 6.39. The highest BCUT2D eigenvalue weighted by atomic mass is 127. The number of nitrogens with one attached hydrogen (secondary N) is 2. The first-order valence-corrected chi connectivity index (χ1v) is 9.11. The average Bonchev–Trinajstić information content (AvgIpc) is 3.07. The van der Waals surface area contributed by atoms with E-state index in [1.165, 1.54) is 0 Å². The minimum absolute atomic E-state index is 0. The molecule has 0 radical (unpaired) electrons. The molecule has 0 aromatic heterocycles. The van der Waals surface area contributed by atoms with Crippen LogP contribution in [-0.4, -0.2) is 55.6 Å². The summed E-state index contributed by atoms with van der Waals surface area (Å²) in [6.45, 7) is 5.06. The average molecular weight is 498 g/mol. The van der Waals surface area contributed by atoms with E-state index in [-0.39, 0.29) is 36.0 Å². The summed E-state index contributed by atoms with van der Waals surface area (Å²) in [5.41, 5.74) is 0.590. The highest BCUT2D eigenvalue weighted by Gasteiger charge is 2.34. The van der Waals surface area contributed by atoms with Gasteiger partial charge in [0.15, 0.2) is 5.96 Å². The maximum absolute atomic E-state index is 10.4. The molecule has 0 bridgehead atoms. The lowest BCUT2D eigenvalue weighted by molar-refractivity contribution is 0.131. The molecule has 1 heterocycles. The van der Waals surface area contributed by atoms with Crippen molar-refractivity contribution in [3.8, 4) is 0 Å². The van der Waals surface area contributed by atoms with Crippen LogP contribution in [0.15, 0.2) is 29.3 Å². The van der Waals surface area contributed by atoms with Gasteiger partial charge in [0, 0.05) is 42.3 Å². The van der Waals surface area contributed by atoms with E-state index < -0.39 is 6.10 Å². The Bertz CT molecular complexity index is 568. The molecule has 1 aromatic carbocycles. The van der Waals surface area contributed by atoms with Crippen LogP contribution < -0.4 is 10.6 Å². The van der Waals surface area contributed by atoms with E-state index in [9.17, 15) is 10.2 Å². The number of aliphatic hydroxyl groups is 2. The van der Waals surface area contributed by atoms with E-state index in [1.807, 2.05) is 25.1 Å². The fraction of sp³-hybridized carbons (Fsp3) is 0.611. The molecule has 8 heteroatoms. The van der Waals surface area contributed by atoms with Crippen LogP contribution >= 0.6 is 35.6 Å². The van der Waals surface area contributed by atoms with Gasteiger partial charge in [-0.3, -0.25) is 4.99 Å². The van der Waals surface area contributed by atoms with Crippen molar-refractivity contribution in [1.29, 1.82) is 0 Å². The number of hydrogen-bond donors (Lipinski definition) is 4. The summed E-state index contributed by atoms with van der Waals surface area (Å²) in [6.07, 6.45) is 0.857. The fourth-order valence-corrected chi connectivity index (χ4v) is 3.19. The summed E-state index contributed by atoms with van der Waals surface area (Å²) in [5, 5.41) is 26.5. The summed E-state index contributed by atoms with van der Waals surface area (Å²) in [6, 6.07) is 7.26. The van der Waals surface area contributed by atoms with Crippen LogP contribution in [0.4, 0.5) is 0 Å². The van der Waals surface area contributed by atoms with E-state index in [0.717, 1.165) is 13.0 Å². The molecule has 0 amide bonds. The zero-order valence-corrected chi connectivity index (χ0v) is 18.2. The molecule has 1 aliphatic rings. The molecular formula is C18H29ClIN3O3. The van der Waals surface area contributed by atoms with Crippen LogP contribution in [0.3, 0.4) is 0 Å². The molecule has 2 unspecified atom stereocenters. The van der Waals surface area contributed by atoms with Crippen molar-refractivity contribution >= 4 is 41.5 Å². The van der Waals surface area contributed by atoms with Gasteiger partial charge in [0.25, 0.3) is 0 Å². The highest BCUT2D eigenvalue weighted by molar-refractivity contribution is 14.0. The third-order valence-electron chi connectivity index (χ3n) is 4.47. The van der Waals surface area contributed by atoms with Gasteiger partial charge in [-0.2, -0.15) is 0 Å². The summed E-state index contributed by atoms with van der Waals surface area (Å²) in [5.74, 6) is 0.637. The van der Waals surface area contributed by atoms with E-state index in [4.69, 9.17) is 16.3 Å². The van der Waals surface area contributed by atoms with Gasteiger partial charge in [-0.1, -0.05) is 29.8 Å². The lowest BCUT2D eigenvalue weighted by Crippen LogP contribution is -2.40. The number of nitrogens with zero attached hydrogens (tertiary/aromatic N) is 1. The smallest absolute Gasteiger partial charge is 0.191 e. The Kier molecular flexibility index (Phi) is 10.8. The minimum atomic E-state index is -0.723. The lowest BCUT2D eigenvalue weighted by Gasteiger charge is -2.25. The Morgan fingerprint density at radius 3 is 2.77 bits per heavy atom. The number of hydrogen-bond acceptors (Lipinski definition) is 4. The van der Waals surface area contributed by atoms with Gasteiger partial charge in [-0.15, -0.1) is 24.0 Å². The van der Waals surface area contributed by atoms with Crippen LogP contribution in [0.25, 0.3) is 0 Å². The van der Waals surface area contributed by atoms with Gasteiger partial charge in [-0.25, -0.2) is 0 Å². The van der Waals surface area contributed by atoms with Crippen molar-refractivity contribution < 1.29 is 14.9 Å². The van der Waals surface area contributed by atoms with Crippen molar-refractivity contribution in [2.45, 2.75) is 25.9 Å². The van der Waals surface area contributed by atoms with Gasteiger partial charge >= 0.3 is 0 Å². The standard InChI is InChI=1S/C18H28ClN3O3.HI/c1-2-20-17(22-12-18(7-9-23)8-10-25-13-18)21-11-16(24)14-5-3-4-6-15(14)19;/h3-6,16,23-24H,2,7-13H2,1H3,(H2,20,21,22);1H. The Morgan fingerprint density at radius 1 is 1.38 bits per heavy atom. The van der Waals surface area contributed by atoms with Crippen LogP contribution in [-0.2, 0) is 4.74 Å². The normalized spacial score (nSPS) is 21.2. The topological polar surface area (TPSA) is 86.1 Å². The van der Waals surface area contributed by atoms with Gasteiger partial charge in [0.2, 0.25) is 0 Å². The summed E-state index contributed by atoms with van der Waals surface area (Å²) >= 11 is 6.12. The van der Waals surface area contributed by atoms with Gasteiger partial charge < -0.3 is 25.6 Å². The minimum Gasteiger partial charge on any atom is -0.396 e. The third kappa shape index (κ3) is 6.84. The predicted octanol–water partition coefficient (Wildman–Crippen LogP) is 2.34. The summed E-state index contributed by atoms with van der Waals surface area (Å²) < 4.78 is 5.50. The second-order valence-corrected chi connectivity index (χ2v) is 6.80. The summed E-state index contributed by atoms with van der Waals surface area (Å²) in [4.78, 5) is 4.63. The number of guanidine groups is 1. The lowest BCUT2D eigenvalue weighted by atomic mass is 9.84. The van der Waals surface area contributed by atoms with Crippen LogP contribution in [0.2, 0.25) is 5.02 Å². The fourth-order valence-electron chi connectivity index (χ4n) is 2.92. The quantitative estimate of drug-likeness (QED) is 0.252. The maximum atomic E-state index is 10.4. The number of ether oxygens (including phenoxy) is 1.